The third-order valence-electron chi connectivity index (χ3n) is 2.85. The van der Waals surface area contributed by atoms with Crippen LogP contribution in [0.25, 0.3) is 0 Å². The maximum absolute atomic E-state index is 9.76. The molecule has 0 aliphatic carbocycles. The van der Waals surface area contributed by atoms with Gasteiger partial charge >= 0.3 is 0 Å². The lowest BCUT2D eigenvalue weighted by molar-refractivity contribution is 0.190. The second kappa shape index (κ2) is 6.03. The van der Waals surface area contributed by atoms with Gasteiger partial charge in [-0.05, 0) is 39.0 Å². The highest BCUT2D eigenvalue weighted by molar-refractivity contribution is 9.10. The molecule has 0 fully saturated rings. The van der Waals surface area contributed by atoms with Crippen LogP contribution >= 0.6 is 27.3 Å². The number of rotatable bonds is 4. The van der Waals surface area contributed by atoms with Gasteiger partial charge in [0, 0.05) is 14.9 Å². The Hall–Kier alpha value is -0.910. The predicted molar refractivity (Wildman–Crippen MR) is 80.7 cm³/mol. The van der Waals surface area contributed by atoms with Gasteiger partial charge in [0.05, 0.1) is 11.8 Å². The molecule has 2 aromatic rings. The third-order valence-corrected chi connectivity index (χ3v) is 4.39. The second-order valence-electron chi connectivity index (χ2n) is 4.40. The number of aromatic nitrogens is 1. The van der Waals surface area contributed by atoms with Gasteiger partial charge in [-0.1, -0.05) is 15.9 Å². The summed E-state index contributed by atoms with van der Waals surface area (Å²) in [5.74, 6) is 0.698. The Labute approximate surface area is 125 Å². The zero-order valence-electron chi connectivity index (χ0n) is 11.1. The molecule has 0 amide bonds. The Bertz CT molecular complexity index is 561. The normalized spacial score (nSPS) is 12.5. The zero-order valence-corrected chi connectivity index (χ0v) is 13.5. The van der Waals surface area contributed by atoms with Crippen molar-refractivity contribution in [3.8, 4) is 5.75 Å². The van der Waals surface area contributed by atoms with E-state index in [1.165, 1.54) is 4.88 Å². The molecule has 1 aromatic heterocycles. The molecule has 0 aliphatic rings. The number of aliphatic hydroxyl groups is 1. The van der Waals surface area contributed by atoms with Crippen LogP contribution in [0, 0.1) is 13.8 Å². The molecule has 1 atom stereocenters. The van der Waals surface area contributed by atoms with E-state index in [0.717, 1.165) is 20.7 Å². The summed E-state index contributed by atoms with van der Waals surface area (Å²) in [6, 6.07) is 5.64. The predicted octanol–water partition coefficient (Wildman–Crippen LogP) is 4.15. The fourth-order valence-electron chi connectivity index (χ4n) is 1.72. The van der Waals surface area contributed by atoms with Crippen LogP contribution in [-0.2, 0) is 6.61 Å². The smallest absolute Gasteiger partial charge is 0.140 e. The van der Waals surface area contributed by atoms with Gasteiger partial charge in [0.15, 0.2) is 0 Å². The fourth-order valence-corrected chi connectivity index (χ4v) is 2.94. The SMILES string of the molecule is Cc1nc(COc2ccc(Br)cc2[C@H](C)O)sc1C. The van der Waals surface area contributed by atoms with Crippen molar-refractivity contribution in [3.05, 3.63) is 43.8 Å². The second-order valence-corrected chi connectivity index (χ2v) is 6.60. The number of nitrogens with zero attached hydrogens (tertiary/aromatic N) is 1. The van der Waals surface area contributed by atoms with Crippen molar-refractivity contribution in [2.45, 2.75) is 33.5 Å². The van der Waals surface area contributed by atoms with Crippen molar-refractivity contribution in [2.24, 2.45) is 0 Å². The lowest BCUT2D eigenvalue weighted by atomic mass is 10.1. The van der Waals surface area contributed by atoms with Crippen LogP contribution < -0.4 is 4.74 Å². The number of hydrogen-bond acceptors (Lipinski definition) is 4. The molecule has 0 bridgehead atoms. The zero-order chi connectivity index (χ0) is 14.0. The van der Waals surface area contributed by atoms with Crippen molar-refractivity contribution < 1.29 is 9.84 Å². The lowest BCUT2D eigenvalue weighted by Gasteiger charge is -2.13. The monoisotopic (exact) mass is 341 g/mol. The summed E-state index contributed by atoms with van der Waals surface area (Å²) < 4.78 is 6.70. The van der Waals surface area contributed by atoms with E-state index in [9.17, 15) is 5.11 Å². The Morgan fingerprint density at radius 2 is 2.16 bits per heavy atom. The molecule has 0 radical (unpaired) electrons. The molecule has 5 heteroatoms. The van der Waals surface area contributed by atoms with Crippen LogP contribution in [0.4, 0.5) is 0 Å². The molecule has 102 valence electrons. The van der Waals surface area contributed by atoms with E-state index in [4.69, 9.17) is 4.74 Å². The summed E-state index contributed by atoms with van der Waals surface area (Å²) >= 11 is 5.04. The highest BCUT2D eigenvalue weighted by Gasteiger charge is 2.11. The average Bonchev–Trinajstić information content (AvgIpc) is 2.67. The van der Waals surface area contributed by atoms with Crippen molar-refractivity contribution in [1.82, 2.24) is 4.98 Å². The van der Waals surface area contributed by atoms with Crippen molar-refractivity contribution in [2.75, 3.05) is 0 Å². The molecular formula is C14H16BrNO2S. The van der Waals surface area contributed by atoms with Crippen molar-refractivity contribution in [1.29, 1.82) is 0 Å². The van der Waals surface area contributed by atoms with Gasteiger partial charge in [-0.2, -0.15) is 0 Å². The Balaban J connectivity index is 2.15. The lowest BCUT2D eigenvalue weighted by Crippen LogP contribution is -2.01. The van der Waals surface area contributed by atoms with E-state index in [1.54, 1.807) is 18.3 Å². The molecule has 3 nitrogen and oxygen atoms in total. The van der Waals surface area contributed by atoms with Crippen molar-refractivity contribution in [3.63, 3.8) is 0 Å². The van der Waals surface area contributed by atoms with E-state index in [1.807, 2.05) is 25.1 Å². The summed E-state index contributed by atoms with van der Waals surface area (Å²) in [6.07, 6.45) is -0.563. The maximum atomic E-state index is 9.76. The minimum atomic E-state index is -0.563. The Morgan fingerprint density at radius 1 is 1.42 bits per heavy atom. The molecule has 0 saturated heterocycles. The van der Waals surface area contributed by atoms with Crippen LogP contribution in [0.3, 0.4) is 0 Å². The minimum absolute atomic E-state index is 0.431. The molecule has 19 heavy (non-hydrogen) atoms. The first-order chi connectivity index (χ1) is 8.97. The van der Waals surface area contributed by atoms with E-state index in [-0.39, 0.29) is 0 Å². The quantitative estimate of drug-likeness (QED) is 0.907. The summed E-state index contributed by atoms with van der Waals surface area (Å²) in [4.78, 5) is 5.65. The largest absolute Gasteiger partial charge is 0.486 e. The maximum Gasteiger partial charge on any atom is 0.140 e. The van der Waals surface area contributed by atoms with Gasteiger partial charge in [0.1, 0.15) is 17.4 Å². The highest BCUT2D eigenvalue weighted by Crippen LogP contribution is 2.29. The van der Waals surface area contributed by atoms with Crippen LogP contribution in [0.5, 0.6) is 5.75 Å². The Morgan fingerprint density at radius 3 is 2.74 bits per heavy atom. The third kappa shape index (κ3) is 3.55. The summed E-state index contributed by atoms with van der Waals surface area (Å²) in [7, 11) is 0. The summed E-state index contributed by atoms with van der Waals surface area (Å²) in [5.41, 5.74) is 1.83. The van der Waals surface area contributed by atoms with Gasteiger partial charge in [0.2, 0.25) is 0 Å². The minimum Gasteiger partial charge on any atom is -0.486 e. The van der Waals surface area contributed by atoms with Gasteiger partial charge in [0.25, 0.3) is 0 Å². The summed E-state index contributed by atoms with van der Waals surface area (Å²) in [5, 5.41) is 10.7. The van der Waals surface area contributed by atoms with E-state index < -0.39 is 6.10 Å². The molecule has 0 saturated carbocycles. The number of ether oxygens (including phenoxy) is 1. The van der Waals surface area contributed by atoms with E-state index >= 15 is 0 Å². The molecule has 2 rings (SSSR count). The molecule has 0 unspecified atom stereocenters. The highest BCUT2D eigenvalue weighted by atomic mass is 79.9. The number of halogens is 1. The van der Waals surface area contributed by atoms with Crippen LogP contribution in [0.2, 0.25) is 0 Å². The molecule has 0 aliphatic heterocycles. The first-order valence-electron chi connectivity index (χ1n) is 6.00. The standard InChI is InChI=1S/C14H16BrNO2S/c1-8-10(3)19-14(16-8)7-18-13-5-4-11(15)6-12(13)9(2)17/h4-6,9,17H,7H2,1-3H3/t9-/m0/s1. The van der Waals surface area contributed by atoms with Gasteiger partial charge < -0.3 is 9.84 Å². The molecule has 1 heterocycles. The molecule has 1 N–H and O–H groups in total. The topological polar surface area (TPSA) is 42.4 Å². The van der Waals surface area contributed by atoms with Crippen molar-refractivity contribution >= 4 is 27.3 Å². The van der Waals surface area contributed by atoms with Crippen LogP contribution in [-0.4, -0.2) is 10.1 Å². The molecule has 1 aromatic carbocycles. The van der Waals surface area contributed by atoms with Crippen LogP contribution in [0.1, 0.15) is 34.2 Å². The number of hydrogen-bond donors (Lipinski definition) is 1. The average molecular weight is 342 g/mol. The molecular weight excluding hydrogens is 326 g/mol. The van der Waals surface area contributed by atoms with E-state index in [2.05, 4.69) is 27.8 Å². The number of aryl methyl sites for hydroxylation is 2. The van der Waals surface area contributed by atoms with Gasteiger partial charge in [-0.3, -0.25) is 0 Å². The Kier molecular flexibility index (Phi) is 4.60. The first kappa shape index (κ1) is 14.5. The molecule has 0 spiro atoms. The number of aliphatic hydroxyl groups excluding tert-OH is 1. The number of benzene rings is 1. The van der Waals surface area contributed by atoms with E-state index in [0.29, 0.717) is 12.4 Å². The van der Waals surface area contributed by atoms with Crippen LogP contribution in [0.15, 0.2) is 22.7 Å². The first-order valence-corrected chi connectivity index (χ1v) is 7.61. The van der Waals surface area contributed by atoms with Gasteiger partial charge in [-0.15, -0.1) is 11.3 Å². The summed E-state index contributed by atoms with van der Waals surface area (Å²) in [6.45, 7) is 6.21. The number of thiazole rings is 1. The van der Waals surface area contributed by atoms with Gasteiger partial charge in [-0.25, -0.2) is 4.98 Å². The fraction of sp³-hybridized carbons (Fsp3) is 0.357.